The van der Waals surface area contributed by atoms with E-state index in [2.05, 4.69) is 23.6 Å². The highest BCUT2D eigenvalue weighted by atomic mass is 32.1. The van der Waals surface area contributed by atoms with Gasteiger partial charge in [-0.25, -0.2) is 4.79 Å². The minimum absolute atomic E-state index is 0.185. The summed E-state index contributed by atoms with van der Waals surface area (Å²) in [4.78, 5) is 27.0. The summed E-state index contributed by atoms with van der Waals surface area (Å²) >= 11 is 1.57. The van der Waals surface area contributed by atoms with Gasteiger partial charge in [-0.1, -0.05) is 24.3 Å². The fourth-order valence-corrected chi connectivity index (χ4v) is 3.46. The van der Waals surface area contributed by atoms with Crippen molar-refractivity contribution < 1.29 is 9.59 Å². The van der Waals surface area contributed by atoms with Crippen molar-refractivity contribution in [3.05, 3.63) is 52.2 Å². The zero-order chi connectivity index (χ0) is 16.2. The maximum Gasteiger partial charge on any atom is 0.321 e. The molecule has 0 spiro atoms. The molecule has 1 atom stereocenters. The van der Waals surface area contributed by atoms with Gasteiger partial charge in [-0.15, -0.1) is 11.3 Å². The number of imide groups is 1. The number of thiophene rings is 1. The number of rotatable bonds is 4. The Kier molecular flexibility index (Phi) is 4.62. The van der Waals surface area contributed by atoms with Crippen LogP contribution in [0.5, 0.6) is 0 Å². The van der Waals surface area contributed by atoms with Gasteiger partial charge in [-0.3, -0.25) is 10.1 Å². The Morgan fingerprint density at radius 1 is 1.26 bits per heavy atom. The number of hydrogen-bond donors (Lipinski definition) is 2. The van der Waals surface area contributed by atoms with Crippen LogP contribution in [0.15, 0.2) is 41.8 Å². The van der Waals surface area contributed by atoms with Crippen LogP contribution in [0.1, 0.15) is 17.4 Å². The maximum atomic E-state index is 12.1. The van der Waals surface area contributed by atoms with Crippen LogP contribution in [-0.4, -0.2) is 24.5 Å². The number of urea groups is 1. The monoisotopic (exact) mass is 329 g/mol. The molecule has 0 radical (unpaired) electrons. The van der Waals surface area contributed by atoms with Crippen LogP contribution in [-0.2, 0) is 17.8 Å². The number of benzene rings is 1. The second-order valence-electron chi connectivity index (χ2n) is 5.62. The molecule has 0 fully saturated rings. The van der Waals surface area contributed by atoms with E-state index in [1.165, 1.54) is 5.56 Å². The average molecular weight is 329 g/mol. The van der Waals surface area contributed by atoms with Crippen LogP contribution < -0.4 is 15.5 Å². The molecule has 0 bridgehead atoms. The van der Waals surface area contributed by atoms with E-state index in [1.807, 2.05) is 40.6 Å². The number of nitrogens with one attached hydrogen (secondary N) is 2. The molecule has 2 aromatic rings. The van der Waals surface area contributed by atoms with Crippen molar-refractivity contribution in [3.8, 4) is 0 Å². The topological polar surface area (TPSA) is 61.4 Å². The molecule has 1 aromatic heterocycles. The van der Waals surface area contributed by atoms with Crippen molar-refractivity contribution in [1.82, 2.24) is 10.6 Å². The van der Waals surface area contributed by atoms with E-state index in [0.29, 0.717) is 6.54 Å². The first-order valence-corrected chi connectivity index (χ1v) is 8.46. The Hall–Kier alpha value is -2.34. The summed E-state index contributed by atoms with van der Waals surface area (Å²) in [5.74, 6) is -0.294. The molecule has 2 heterocycles. The van der Waals surface area contributed by atoms with E-state index in [4.69, 9.17) is 0 Å². The molecule has 0 saturated carbocycles. The van der Waals surface area contributed by atoms with Crippen molar-refractivity contribution in [3.63, 3.8) is 0 Å². The standard InChI is InChI=1S/C17H19N3O2S/c1-12-9-13-5-2-3-7-15(13)20(12)11-16(21)19-17(22)18-10-14-6-4-8-23-14/h2-8,12H,9-11H2,1H3,(H2,18,19,21,22)/t12-/m1/s1. The van der Waals surface area contributed by atoms with Crippen LogP contribution >= 0.6 is 11.3 Å². The number of carbonyl (C=O) groups is 2. The van der Waals surface area contributed by atoms with Crippen LogP contribution in [0.25, 0.3) is 0 Å². The smallest absolute Gasteiger partial charge is 0.321 e. The van der Waals surface area contributed by atoms with Gasteiger partial charge in [0.1, 0.15) is 0 Å². The SMILES string of the molecule is C[C@@H]1Cc2ccccc2N1CC(=O)NC(=O)NCc1cccs1. The maximum absolute atomic E-state index is 12.1. The van der Waals surface area contributed by atoms with E-state index in [1.54, 1.807) is 11.3 Å². The van der Waals surface area contributed by atoms with Gasteiger partial charge < -0.3 is 10.2 Å². The van der Waals surface area contributed by atoms with Crippen molar-refractivity contribution >= 4 is 29.0 Å². The third kappa shape index (κ3) is 3.71. The van der Waals surface area contributed by atoms with E-state index in [9.17, 15) is 9.59 Å². The molecule has 1 aliphatic rings. The number of anilines is 1. The van der Waals surface area contributed by atoms with Crippen LogP contribution in [0.3, 0.4) is 0 Å². The molecule has 2 N–H and O–H groups in total. The number of para-hydroxylation sites is 1. The van der Waals surface area contributed by atoms with Gasteiger partial charge in [0, 0.05) is 16.6 Å². The van der Waals surface area contributed by atoms with E-state index in [-0.39, 0.29) is 18.5 Å². The second kappa shape index (κ2) is 6.83. The highest BCUT2D eigenvalue weighted by Gasteiger charge is 2.27. The lowest BCUT2D eigenvalue weighted by Gasteiger charge is -2.23. The Bertz CT molecular complexity index is 700. The highest BCUT2D eigenvalue weighted by Crippen LogP contribution is 2.31. The Labute approximate surface area is 139 Å². The summed E-state index contributed by atoms with van der Waals surface area (Å²) < 4.78 is 0. The summed E-state index contributed by atoms with van der Waals surface area (Å²) in [6.45, 7) is 2.70. The van der Waals surface area contributed by atoms with Crippen molar-refractivity contribution in [1.29, 1.82) is 0 Å². The lowest BCUT2D eigenvalue weighted by Crippen LogP contribution is -2.45. The second-order valence-corrected chi connectivity index (χ2v) is 6.65. The summed E-state index contributed by atoms with van der Waals surface area (Å²) in [5, 5.41) is 7.04. The molecule has 1 aliphatic heterocycles. The number of hydrogen-bond acceptors (Lipinski definition) is 4. The van der Waals surface area contributed by atoms with Crippen molar-refractivity contribution in [2.45, 2.75) is 25.9 Å². The molecular weight excluding hydrogens is 310 g/mol. The van der Waals surface area contributed by atoms with E-state index in [0.717, 1.165) is 17.0 Å². The van der Waals surface area contributed by atoms with Crippen molar-refractivity contribution in [2.24, 2.45) is 0 Å². The van der Waals surface area contributed by atoms with Gasteiger partial charge in [0.15, 0.2) is 0 Å². The molecule has 6 heteroatoms. The lowest BCUT2D eigenvalue weighted by atomic mass is 10.1. The molecule has 1 aromatic carbocycles. The highest BCUT2D eigenvalue weighted by molar-refractivity contribution is 7.09. The van der Waals surface area contributed by atoms with E-state index >= 15 is 0 Å². The number of fused-ring (bicyclic) bond motifs is 1. The summed E-state index contributed by atoms with van der Waals surface area (Å²) in [7, 11) is 0. The summed E-state index contributed by atoms with van der Waals surface area (Å²) in [6.07, 6.45) is 0.925. The molecule has 3 rings (SSSR count). The zero-order valence-corrected chi connectivity index (χ0v) is 13.7. The van der Waals surface area contributed by atoms with Gasteiger partial charge in [0.25, 0.3) is 0 Å². The predicted octanol–water partition coefficient (Wildman–Crippen LogP) is 2.53. The zero-order valence-electron chi connectivity index (χ0n) is 12.9. The van der Waals surface area contributed by atoms with E-state index < -0.39 is 6.03 Å². The molecule has 0 aliphatic carbocycles. The first-order chi connectivity index (χ1) is 11.1. The summed E-state index contributed by atoms with van der Waals surface area (Å²) in [5.41, 5.74) is 2.32. The van der Waals surface area contributed by atoms with Crippen LogP contribution in [0, 0.1) is 0 Å². The Balaban J connectivity index is 1.52. The van der Waals surface area contributed by atoms with Gasteiger partial charge in [0.2, 0.25) is 5.91 Å². The molecule has 3 amide bonds. The third-order valence-electron chi connectivity index (χ3n) is 3.92. The molecule has 0 unspecified atom stereocenters. The number of carbonyl (C=O) groups excluding carboxylic acids is 2. The lowest BCUT2D eigenvalue weighted by molar-refractivity contribution is -0.118. The normalized spacial score (nSPS) is 16.0. The number of nitrogens with zero attached hydrogens (tertiary/aromatic N) is 1. The minimum Gasteiger partial charge on any atom is -0.359 e. The first kappa shape index (κ1) is 15.6. The Morgan fingerprint density at radius 3 is 2.87 bits per heavy atom. The summed E-state index contributed by atoms with van der Waals surface area (Å²) in [6, 6.07) is 11.7. The van der Waals surface area contributed by atoms with Gasteiger partial charge in [-0.05, 0) is 36.4 Å². The van der Waals surface area contributed by atoms with Gasteiger partial charge >= 0.3 is 6.03 Å². The fraction of sp³-hybridized carbons (Fsp3) is 0.294. The predicted molar refractivity (Wildman–Crippen MR) is 91.7 cm³/mol. The average Bonchev–Trinajstić information content (AvgIpc) is 3.14. The molecule has 23 heavy (non-hydrogen) atoms. The molecule has 0 saturated heterocycles. The fourth-order valence-electron chi connectivity index (χ4n) is 2.82. The Morgan fingerprint density at radius 2 is 2.09 bits per heavy atom. The van der Waals surface area contributed by atoms with Gasteiger partial charge in [0.05, 0.1) is 13.1 Å². The number of amides is 3. The quantitative estimate of drug-likeness (QED) is 0.906. The molecule has 5 nitrogen and oxygen atoms in total. The third-order valence-corrected chi connectivity index (χ3v) is 4.79. The van der Waals surface area contributed by atoms with Crippen LogP contribution in [0.4, 0.5) is 10.5 Å². The molecule has 120 valence electrons. The van der Waals surface area contributed by atoms with Crippen molar-refractivity contribution in [2.75, 3.05) is 11.4 Å². The van der Waals surface area contributed by atoms with Gasteiger partial charge in [-0.2, -0.15) is 0 Å². The largest absolute Gasteiger partial charge is 0.359 e. The molecular formula is C17H19N3O2S. The minimum atomic E-state index is -0.455. The first-order valence-electron chi connectivity index (χ1n) is 7.58. The van der Waals surface area contributed by atoms with Crippen LogP contribution in [0.2, 0.25) is 0 Å².